The molecule has 0 saturated carbocycles. The van der Waals surface area contributed by atoms with Gasteiger partial charge in [-0.2, -0.15) is 0 Å². The molecular formula is C27H35N3O2. The van der Waals surface area contributed by atoms with Gasteiger partial charge in [0.05, 0.1) is 0 Å². The Hall–Kier alpha value is -2.82. The summed E-state index contributed by atoms with van der Waals surface area (Å²) in [6, 6.07) is 16.1. The highest BCUT2D eigenvalue weighted by Gasteiger charge is 2.26. The van der Waals surface area contributed by atoms with Gasteiger partial charge in [-0.15, -0.1) is 0 Å². The number of hydrogen-bond acceptors (Lipinski definition) is 2. The molecule has 0 bridgehead atoms. The molecule has 2 fully saturated rings. The quantitative estimate of drug-likeness (QED) is 0.675. The van der Waals surface area contributed by atoms with Gasteiger partial charge >= 0.3 is 6.03 Å². The van der Waals surface area contributed by atoms with E-state index in [0.29, 0.717) is 6.54 Å². The number of carbonyl (C=O) groups is 2. The number of nitrogens with zero attached hydrogens (tertiary/aromatic N) is 2. The number of likely N-dealkylation sites (tertiary alicyclic amines) is 2. The van der Waals surface area contributed by atoms with Crippen LogP contribution in [0.1, 0.15) is 72.9 Å². The van der Waals surface area contributed by atoms with E-state index in [4.69, 9.17) is 0 Å². The van der Waals surface area contributed by atoms with Crippen LogP contribution >= 0.6 is 0 Å². The van der Waals surface area contributed by atoms with Crippen molar-refractivity contribution in [3.63, 3.8) is 0 Å². The van der Waals surface area contributed by atoms with Crippen molar-refractivity contribution in [2.24, 2.45) is 0 Å². The van der Waals surface area contributed by atoms with Crippen LogP contribution in [-0.2, 0) is 6.42 Å². The lowest BCUT2D eigenvalue weighted by molar-refractivity contribution is 0.0761. The number of aryl methyl sites for hydroxylation is 1. The summed E-state index contributed by atoms with van der Waals surface area (Å²) in [7, 11) is 0. The Balaban J connectivity index is 1.40. The number of anilines is 1. The normalized spacial score (nSPS) is 19.3. The van der Waals surface area contributed by atoms with Crippen molar-refractivity contribution in [2.45, 2.75) is 57.8 Å². The second-order valence-corrected chi connectivity index (χ2v) is 9.10. The fourth-order valence-electron chi connectivity index (χ4n) is 4.84. The predicted octanol–water partition coefficient (Wildman–Crippen LogP) is 5.68. The smallest absolute Gasteiger partial charge is 0.321 e. The number of piperidine rings is 1. The van der Waals surface area contributed by atoms with Crippen LogP contribution in [0.25, 0.3) is 0 Å². The maximum atomic E-state index is 13.1. The van der Waals surface area contributed by atoms with E-state index in [-0.39, 0.29) is 17.9 Å². The van der Waals surface area contributed by atoms with Gasteiger partial charge in [-0.3, -0.25) is 4.79 Å². The molecule has 4 rings (SSSR count). The van der Waals surface area contributed by atoms with E-state index in [1.165, 1.54) is 18.4 Å². The molecule has 2 aliphatic heterocycles. The van der Waals surface area contributed by atoms with Gasteiger partial charge in [0.2, 0.25) is 0 Å². The van der Waals surface area contributed by atoms with E-state index in [1.54, 1.807) is 0 Å². The maximum absolute atomic E-state index is 13.1. The topological polar surface area (TPSA) is 52.7 Å². The summed E-state index contributed by atoms with van der Waals surface area (Å²) >= 11 is 0. The highest BCUT2D eigenvalue weighted by atomic mass is 16.2. The summed E-state index contributed by atoms with van der Waals surface area (Å²) in [6.07, 6.45) is 7.62. The minimum Gasteiger partial charge on any atom is -0.339 e. The summed E-state index contributed by atoms with van der Waals surface area (Å²) in [5.41, 5.74) is 4.03. The van der Waals surface area contributed by atoms with E-state index in [1.807, 2.05) is 34.1 Å². The van der Waals surface area contributed by atoms with E-state index in [0.717, 1.165) is 68.6 Å². The van der Waals surface area contributed by atoms with E-state index in [2.05, 4.69) is 36.5 Å². The second-order valence-electron chi connectivity index (χ2n) is 9.10. The van der Waals surface area contributed by atoms with Crippen molar-refractivity contribution < 1.29 is 9.59 Å². The second kappa shape index (κ2) is 10.7. The van der Waals surface area contributed by atoms with Crippen LogP contribution in [0.15, 0.2) is 48.5 Å². The first-order valence-electron chi connectivity index (χ1n) is 12.2. The first kappa shape index (κ1) is 22.4. The van der Waals surface area contributed by atoms with Crippen molar-refractivity contribution >= 4 is 17.6 Å². The maximum Gasteiger partial charge on any atom is 0.321 e. The number of benzene rings is 2. The van der Waals surface area contributed by atoms with Gasteiger partial charge in [0.15, 0.2) is 0 Å². The van der Waals surface area contributed by atoms with Gasteiger partial charge in [0.25, 0.3) is 5.91 Å². The van der Waals surface area contributed by atoms with Crippen LogP contribution in [0.4, 0.5) is 10.5 Å². The predicted molar refractivity (Wildman–Crippen MR) is 129 cm³/mol. The van der Waals surface area contributed by atoms with Gasteiger partial charge in [-0.05, 0) is 67.5 Å². The molecule has 0 aliphatic carbocycles. The molecule has 2 heterocycles. The van der Waals surface area contributed by atoms with Gasteiger partial charge in [0, 0.05) is 43.3 Å². The molecule has 2 aromatic rings. The van der Waals surface area contributed by atoms with Crippen LogP contribution in [0, 0.1) is 0 Å². The number of rotatable bonds is 4. The highest BCUT2D eigenvalue weighted by molar-refractivity contribution is 5.94. The van der Waals surface area contributed by atoms with Gasteiger partial charge < -0.3 is 15.1 Å². The average Bonchev–Trinajstić information content (AvgIpc) is 3.14. The lowest BCUT2D eigenvalue weighted by Gasteiger charge is -2.33. The van der Waals surface area contributed by atoms with E-state index < -0.39 is 0 Å². The van der Waals surface area contributed by atoms with Crippen molar-refractivity contribution in [2.75, 3.05) is 31.5 Å². The standard InChI is InChI=1S/C27H35N3O2/c1-2-21-12-14-25(15-13-21)28-27(32)30-18-8-11-24(20-30)22-9-7-10-23(19-22)26(31)29-16-5-3-4-6-17-29/h7,9-10,12-15,19,24H,2-6,8,11,16-18,20H2,1H3,(H,28,32)/t24-/m0/s1. The zero-order chi connectivity index (χ0) is 22.3. The van der Waals surface area contributed by atoms with Crippen LogP contribution < -0.4 is 5.32 Å². The first-order chi connectivity index (χ1) is 15.6. The van der Waals surface area contributed by atoms with Crippen LogP contribution in [-0.4, -0.2) is 47.9 Å². The molecule has 2 aromatic carbocycles. The number of nitrogens with one attached hydrogen (secondary N) is 1. The van der Waals surface area contributed by atoms with E-state index in [9.17, 15) is 9.59 Å². The number of hydrogen-bond donors (Lipinski definition) is 1. The third-order valence-corrected chi connectivity index (χ3v) is 6.82. The Morgan fingerprint density at radius 2 is 1.62 bits per heavy atom. The van der Waals surface area contributed by atoms with Crippen molar-refractivity contribution in [3.05, 3.63) is 65.2 Å². The number of amides is 3. The Labute approximate surface area is 191 Å². The molecule has 5 nitrogen and oxygen atoms in total. The molecule has 3 amide bonds. The summed E-state index contributed by atoms with van der Waals surface area (Å²) in [5.74, 6) is 0.406. The van der Waals surface area contributed by atoms with Gasteiger partial charge in [-0.1, -0.05) is 44.0 Å². The number of carbonyl (C=O) groups excluding carboxylic acids is 2. The SMILES string of the molecule is CCc1ccc(NC(=O)N2CCC[C@H](c3cccc(C(=O)N4CCCCCC4)c3)C2)cc1. The Bertz CT molecular complexity index is 917. The Kier molecular flexibility index (Phi) is 7.46. The third kappa shape index (κ3) is 5.50. The summed E-state index contributed by atoms with van der Waals surface area (Å²) in [4.78, 5) is 29.8. The molecule has 1 atom stereocenters. The number of urea groups is 1. The molecular weight excluding hydrogens is 398 g/mol. The minimum atomic E-state index is -0.0456. The Morgan fingerprint density at radius 1 is 0.906 bits per heavy atom. The lowest BCUT2D eigenvalue weighted by Crippen LogP contribution is -2.41. The monoisotopic (exact) mass is 433 g/mol. The molecule has 2 saturated heterocycles. The molecule has 0 unspecified atom stereocenters. The zero-order valence-corrected chi connectivity index (χ0v) is 19.2. The highest BCUT2D eigenvalue weighted by Crippen LogP contribution is 2.28. The van der Waals surface area contributed by atoms with Crippen LogP contribution in [0.2, 0.25) is 0 Å². The molecule has 0 spiro atoms. The first-order valence-corrected chi connectivity index (χ1v) is 12.2. The summed E-state index contributed by atoms with van der Waals surface area (Å²) in [5, 5.41) is 3.04. The van der Waals surface area contributed by atoms with E-state index >= 15 is 0 Å². The fraction of sp³-hybridized carbons (Fsp3) is 0.481. The summed E-state index contributed by atoms with van der Waals surface area (Å²) in [6.45, 7) is 5.29. The van der Waals surface area contributed by atoms with Gasteiger partial charge in [-0.25, -0.2) is 4.79 Å². The molecule has 32 heavy (non-hydrogen) atoms. The van der Waals surface area contributed by atoms with Crippen LogP contribution in [0.5, 0.6) is 0 Å². The third-order valence-electron chi connectivity index (χ3n) is 6.82. The average molecular weight is 434 g/mol. The lowest BCUT2D eigenvalue weighted by atomic mass is 9.89. The largest absolute Gasteiger partial charge is 0.339 e. The molecule has 1 N–H and O–H groups in total. The molecule has 0 radical (unpaired) electrons. The van der Waals surface area contributed by atoms with Crippen molar-refractivity contribution in [1.29, 1.82) is 0 Å². The summed E-state index contributed by atoms with van der Waals surface area (Å²) < 4.78 is 0. The molecule has 170 valence electrons. The van der Waals surface area contributed by atoms with Crippen LogP contribution in [0.3, 0.4) is 0 Å². The molecule has 2 aliphatic rings. The van der Waals surface area contributed by atoms with Crippen molar-refractivity contribution in [1.82, 2.24) is 9.80 Å². The van der Waals surface area contributed by atoms with Crippen molar-refractivity contribution in [3.8, 4) is 0 Å². The molecule has 0 aromatic heterocycles. The minimum absolute atomic E-state index is 0.0456. The Morgan fingerprint density at radius 3 is 2.34 bits per heavy atom. The fourth-order valence-corrected chi connectivity index (χ4v) is 4.84. The van der Waals surface area contributed by atoms with Gasteiger partial charge in [0.1, 0.15) is 0 Å². The molecule has 5 heteroatoms. The zero-order valence-electron chi connectivity index (χ0n) is 19.2.